The van der Waals surface area contributed by atoms with Crippen molar-refractivity contribution in [2.75, 3.05) is 45.8 Å². The number of rotatable bonds is 6. The number of halogens is 1. The second-order valence-corrected chi connectivity index (χ2v) is 8.23. The molecule has 2 aliphatic rings. The molecule has 29 heavy (non-hydrogen) atoms. The van der Waals surface area contributed by atoms with Gasteiger partial charge in [-0.05, 0) is 68.0 Å². The number of aliphatic imine (C=N–C) groups is 1. The van der Waals surface area contributed by atoms with Gasteiger partial charge >= 0.3 is 0 Å². The second kappa shape index (κ2) is 11.2. The summed E-state index contributed by atoms with van der Waals surface area (Å²) < 4.78 is 0. The number of guanidine groups is 1. The van der Waals surface area contributed by atoms with E-state index in [1.165, 1.54) is 55.2 Å². The van der Waals surface area contributed by atoms with Crippen LogP contribution in [0.1, 0.15) is 31.7 Å². The van der Waals surface area contributed by atoms with Crippen LogP contribution in [0.3, 0.4) is 0 Å². The Morgan fingerprint density at radius 1 is 1.07 bits per heavy atom. The van der Waals surface area contributed by atoms with Crippen LogP contribution in [0.25, 0.3) is 10.8 Å². The van der Waals surface area contributed by atoms with Crippen LogP contribution >= 0.6 is 24.0 Å². The zero-order chi connectivity index (χ0) is 19.2. The number of benzene rings is 2. The minimum Gasteiger partial charge on any atom is -0.357 e. The third kappa shape index (κ3) is 5.85. The highest BCUT2D eigenvalue weighted by Gasteiger charge is 2.27. The molecule has 2 aromatic rings. The molecule has 0 aromatic heterocycles. The van der Waals surface area contributed by atoms with Crippen LogP contribution in [0, 0.1) is 5.92 Å². The smallest absolute Gasteiger partial charge is 0.193 e. The predicted molar refractivity (Wildman–Crippen MR) is 134 cm³/mol. The highest BCUT2D eigenvalue weighted by atomic mass is 127. The molecule has 2 saturated heterocycles. The molecular formula is C24H35IN4. The van der Waals surface area contributed by atoms with Crippen LogP contribution in [0.15, 0.2) is 47.5 Å². The third-order valence-corrected chi connectivity index (χ3v) is 6.16. The molecule has 4 rings (SSSR count). The lowest BCUT2D eigenvalue weighted by molar-refractivity contribution is 0.281. The first-order valence-electron chi connectivity index (χ1n) is 11.1. The van der Waals surface area contributed by atoms with Crippen molar-refractivity contribution in [3.8, 4) is 0 Å². The summed E-state index contributed by atoms with van der Waals surface area (Å²) in [6.45, 7) is 10.1. The van der Waals surface area contributed by atoms with Gasteiger partial charge in [-0.1, -0.05) is 42.5 Å². The topological polar surface area (TPSA) is 30.9 Å². The summed E-state index contributed by atoms with van der Waals surface area (Å²) in [4.78, 5) is 10.1. The Balaban J connectivity index is 0.00000240. The Hall–Kier alpha value is -1.34. The van der Waals surface area contributed by atoms with Crippen LogP contribution in [0.4, 0.5) is 0 Å². The van der Waals surface area contributed by atoms with E-state index in [1.54, 1.807) is 0 Å². The van der Waals surface area contributed by atoms with Gasteiger partial charge in [0.2, 0.25) is 0 Å². The van der Waals surface area contributed by atoms with Gasteiger partial charge in [0.1, 0.15) is 0 Å². The minimum absolute atomic E-state index is 0. The van der Waals surface area contributed by atoms with Crippen LogP contribution in [-0.4, -0.2) is 61.6 Å². The number of nitrogens with zero attached hydrogens (tertiary/aromatic N) is 3. The van der Waals surface area contributed by atoms with Crippen molar-refractivity contribution in [1.82, 2.24) is 15.1 Å². The Labute approximate surface area is 192 Å². The molecule has 2 fully saturated rings. The molecule has 1 atom stereocenters. The van der Waals surface area contributed by atoms with Gasteiger partial charge in [0.25, 0.3) is 0 Å². The fraction of sp³-hybridized carbons (Fsp3) is 0.542. The average molecular weight is 506 g/mol. The van der Waals surface area contributed by atoms with Crippen LogP contribution in [-0.2, 0) is 6.42 Å². The monoisotopic (exact) mass is 506 g/mol. The van der Waals surface area contributed by atoms with Crippen molar-refractivity contribution < 1.29 is 0 Å². The van der Waals surface area contributed by atoms with Gasteiger partial charge in [0, 0.05) is 32.7 Å². The Bertz CT molecular complexity index is 795. The summed E-state index contributed by atoms with van der Waals surface area (Å²) in [5.74, 6) is 1.90. The molecule has 0 amide bonds. The normalized spacial score (nSPS) is 20.2. The lowest BCUT2D eigenvalue weighted by Gasteiger charge is -2.23. The van der Waals surface area contributed by atoms with E-state index in [2.05, 4.69) is 64.5 Å². The van der Waals surface area contributed by atoms with Crippen molar-refractivity contribution >= 4 is 40.7 Å². The molecule has 0 aliphatic carbocycles. The van der Waals surface area contributed by atoms with Crippen molar-refractivity contribution in [2.45, 2.75) is 32.6 Å². The average Bonchev–Trinajstić information content (AvgIpc) is 3.40. The summed E-state index contributed by atoms with van der Waals surface area (Å²) in [6, 6.07) is 15.3. The molecule has 0 saturated carbocycles. The molecule has 0 spiro atoms. The van der Waals surface area contributed by atoms with Gasteiger partial charge < -0.3 is 15.1 Å². The minimum atomic E-state index is 0. The van der Waals surface area contributed by atoms with E-state index >= 15 is 0 Å². The van der Waals surface area contributed by atoms with Crippen LogP contribution in [0.5, 0.6) is 0 Å². The molecule has 4 nitrogen and oxygen atoms in total. The van der Waals surface area contributed by atoms with Crippen molar-refractivity contribution in [3.05, 3.63) is 48.0 Å². The fourth-order valence-corrected chi connectivity index (χ4v) is 4.72. The van der Waals surface area contributed by atoms with Gasteiger partial charge in [0.15, 0.2) is 5.96 Å². The molecule has 158 valence electrons. The Morgan fingerprint density at radius 3 is 2.69 bits per heavy atom. The Morgan fingerprint density at radius 2 is 1.86 bits per heavy atom. The van der Waals surface area contributed by atoms with Gasteiger partial charge in [0.05, 0.1) is 0 Å². The van der Waals surface area contributed by atoms with E-state index in [4.69, 9.17) is 4.99 Å². The lowest BCUT2D eigenvalue weighted by Crippen LogP contribution is -2.41. The van der Waals surface area contributed by atoms with E-state index in [-0.39, 0.29) is 24.0 Å². The van der Waals surface area contributed by atoms with Gasteiger partial charge in [-0.25, -0.2) is 0 Å². The number of nitrogens with one attached hydrogen (secondary N) is 1. The zero-order valence-corrected chi connectivity index (χ0v) is 20.0. The summed E-state index contributed by atoms with van der Waals surface area (Å²) >= 11 is 0. The molecule has 5 heteroatoms. The number of likely N-dealkylation sites (tertiary alicyclic amines) is 2. The molecule has 2 aliphatic heterocycles. The lowest BCUT2D eigenvalue weighted by atomic mass is 10.0. The molecule has 2 aromatic carbocycles. The molecule has 0 bridgehead atoms. The van der Waals surface area contributed by atoms with E-state index < -0.39 is 0 Å². The van der Waals surface area contributed by atoms with Crippen molar-refractivity contribution in [3.63, 3.8) is 0 Å². The highest BCUT2D eigenvalue weighted by molar-refractivity contribution is 14.0. The van der Waals surface area contributed by atoms with E-state index in [9.17, 15) is 0 Å². The van der Waals surface area contributed by atoms with Crippen LogP contribution in [0.2, 0.25) is 0 Å². The third-order valence-electron chi connectivity index (χ3n) is 6.16. The molecule has 1 unspecified atom stereocenters. The predicted octanol–water partition coefficient (Wildman–Crippen LogP) is 4.38. The van der Waals surface area contributed by atoms with Crippen molar-refractivity contribution in [1.29, 1.82) is 0 Å². The van der Waals surface area contributed by atoms with E-state index in [1.807, 2.05) is 0 Å². The summed E-state index contributed by atoms with van der Waals surface area (Å²) in [5.41, 5.74) is 1.39. The van der Waals surface area contributed by atoms with Gasteiger partial charge in [-0.3, -0.25) is 4.99 Å². The van der Waals surface area contributed by atoms with E-state index in [0.717, 1.165) is 44.5 Å². The first-order valence-corrected chi connectivity index (χ1v) is 11.1. The first-order chi connectivity index (χ1) is 13.8. The fourth-order valence-electron chi connectivity index (χ4n) is 4.72. The SMILES string of the molecule is CCNC(=NCCc1cccc2ccccc12)N1CCC(CN2CCCC2)C1.I. The van der Waals surface area contributed by atoms with Crippen LogP contribution < -0.4 is 5.32 Å². The van der Waals surface area contributed by atoms with Gasteiger partial charge in [-0.15, -0.1) is 24.0 Å². The number of fused-ring (bicyclic) bond motifs is 1. The maximum Gasteiger partial charge on any atom is 0.193 e. The molecular weight excluding hydrogens is 471 g/mol. The van der Waals surface area contributed by atoms with Gasteiger partial charge in [-0.2, -0.15) is 0 Å². The van der Waals surface area contributed by atoms with E-state index in [0.29, 0.717) is 0 Å². The molecule has 0 radical (unpaired) electrons. The summed E-state index contributed by atoms with van der Waals surface area (Å²) in [5, 5.41) is 6.20. The number of hydrogen-bond donors (Lipinski definition) is 1. The maximum atomic E-state index is 4.98. The maximum absolute atomic E-state index is 4.98. The summed E-state index contributed by atoms with van der Waals surface area (Å²) in [6.07, 6.45) is 5.05. The Kier molecular flexibility index (Phi) is 8.60. The highest BCUT2D eigenvalue weighted by Crippen LogP contribution is 2.21. The number of hydrogen-bond acceptors (Lipinski definition) is 2. The standard InChI is InChI=1S/C24H34N4.HI/c1-2-25-24(28-17-13-20(19-28)18-27-15-5-6-16-27)26-14-12-22-10-7-9-21-8-3-4-11-23(21)22;/h3-4,7-11,20H,2,5-6,12-19H2,1H3,(H,25,26);1H. The molecule has 1 N–H and O–H groups in total. The quantitative estimate of drug-likeness (QED) is 0.359. The summed E-state index contributed by atoms with van der Waals surface area (Å²) in [7, 11) is 0. The first kappa shape index (κ1) is 22.3. The zero-order valence-electron chi connectivity index (χ0n) is 17.6. The molecule has 2 heterocycles. The second-order valence-electron chi connectivity index (χ2n) is 8.23. The largest absolute Gasteiger partial charge is 0.357 e. The van der Waals surface area contributed by atoms with Crippen molar-refractivity contribution in [2.24, 2.45) is 10.9 Å².